The molecule has 0 atom stereocenters. The Balaban J connectivity index is 1.96. The van der Waals surface area contributed by atoms with E-state index in [1.54, 1.807) is 42.2 Å². The lowest BCUT2D eigenvalue weighted by molar-refractivity contribution is -0.129. The summed E-state index contributed by atoms with van der Waals surface area (Å²) in [4.78, 5) is 40.8. The normalized spacial score (nSPS) is 13.5. The van der Waals surface area contributed by atoms with Crippen LogP contribution in [0.5, 0.6) is 5.75 Å². The Hall–Kier alpha value is -2.59. The van der Waals surface area contributed by atoms with Crippen molar-refractivity contribution in [3.8, 4) is 5.75 Å². The molecule has 8 nitrogen and oxygen atoms in total. The molecule has 170 valence electrons. The standard InChI is InChI=1S/C22H23Br2N3O5/c1-13(28)26-6-8-27(9-7-26)19-5-4-14(22(30)32-3)10-18(19)25-21(29)16-11-15(23)12-17(24)20(16)31-2/h4-5,10-12H,6-9H2,1-3H3,(H,25,29). The van der Waals surface area contributed by atoms with Crippen LogP contribution in [0.25, 0.3) is 0 Å². The van der Waals surface area contributed by atoms with Gasteiger partial charge in [-0.1, -0.05) is 15.9 Å². The van der Waals surface area contributed by atoms with Crippen molar-refractivity contribution in [1.82, 2.24) is 4.90 Å². The van der Waals surface area contributed by atoms with E-state index in [4.69, 9.17) is 9.47 Å². The van der Waals surface area contributed by atoms with Crippen LogP contribution in [0.1, 0.15) is 27.6 Å². The fraction of sp³-hybridized carbons (Fsp3) is 0.318. The number of carbonyl (C=O) groups excluding carboxylic acids is 3. The van der Waals surface area contributed by atoms with Gasteiger partial charge in [0.15, 0.2) is 0 Å². The summed E-state index contributed by atoms with van der Waals surface area (Å²) in [6.07, 6.45) is 0. The molecule has 0 radical (unpaired) electrons. The largest absolute Gasteiger partial charge is 0.495 e. The second-order valence-corrected chi connectivity index (χ2v) is 8.91. The monoisotopic (exact) mass is 567 g/mol. The zero-order valence-corrected chi connectivity index (χ0v) is 21.1. The summed E-state index contributed by atoms with van der Waals surface area (Å²) in [7, 11) is 2.79. The topological polar surface area (TPSA) is 88.2 Å². The van der Waals surface area contributed by atoms with Gasteiger partial charge in [-0.25, -0.2) is 4.79 Å². The van der Waals surface area contributed by atoms with E-state index in [1.807, 2.05) is 0 Å². The van der Waals surface area contributed by atoms with Gasteiger partial charge in [0.05, 0.1) is 41.2 Å². The zero-order valence-electron chi connectivity index (χ0n) is 17.9. The van der Waals surface area contributed by atoms with Crippen molar-refractivity contribution in [2.75, 3.05) is 50.6 Å². The Labute approximate surface area is 203 Å². The van der Waals surface area contributed by atoms with Crippen molar-refractivity contribution in [1.29, 1.82) is 0 Å². The average Bonchev–Trinajstić information content (AvgIpc) is 2.78. The maximum atomic E-state index is 13.2. The lowest BCUT2D eigenvalue weighted by Gasteiger charge is -2.36. The fourth-order valence-corrected chi connectivity index (χ4v) is 4.93. The van der Waals surface area contributed by atoms with Crippen molar-refractivity contribution in [3.05, 3.63) is 50.4 Å². The number of carbonyl (C=O) groups is 3. The van der Waals surface area contributed by atoms with Crippen LogP contribution in [0.3, 0.4) is 0 Å². The number of piperazine rings is 1. The maximum Gasteiger partial charge on any atom is 0.337 e. The van der Waals surface area contributed by atoms with Gasteiger partial charge in [-0.2, -0.15) is 0 Å². The highest BCUT2D eigenvalue weighted by molar-refractivity contribution is 9.11. The SMILES string of the molecule is COC(=O)c1ccc(N2CCN(C(C)=O)CC2)c(NC(=O)c2cc(Br)cc(Br)c2OC)c1. The van der Waals surface area contributed by atoms with E-state index in [2.05, 4.69) is 42.1 Å². The molecular weight excluding hydrogens is 546 g/mol. The number of ether oxygens (including phenoxy) is 2. The van der Waals surface area contributed by atoms with Crippen molar-refractivity contribution < 1.29 is 23.9 Å². The average molecular weight is 569 g/mol. The Bertz CT molecular complexity index is 1050. The minimum atomic E-state index is -0.503. The van der Waals surface area contributed by atoms with E-state index < -0.39 is 11.9 Å². The second-order valence-electron chi connectivity index (χ2n) is 7.14. The minimum absolute atomic E-state index is 0.0338. The van der Waals surface area contributed by atoms with Crippen molar-refractivity contribution >= 4 is 61.0 Å². The number of nitrogens with zero attached hydrogens (tertiary/aromatic N) is 2. The molecule has 0 aliphatic carbocycles. The molecule has 0 spiro atoms. The van der Waals surface area contributed by atoms with Crippen LogP contribution in [-0.4, -0.2) is 63.1 Å². The number of halogens is 2. The van der Waals surface area contributed by atoms with Crippen molar-refractivity contribution in [2.24, 2.45) is 0 Å². The highest BCUT2D eigenvalue weighted by atomic mass is 79.9. The molecule has 1 heterocycles. The van der Waals surface area contributed by atoms with Crippen LogP contribution in [0.4, 0.5) is 11.4 Å². The van der Waals surface area contributed by atoms with Gasteiger partial charge < -0.3 is 24.6 Å². The number of benzene rings is 2. The molecule has 1 fully saturated rings. The number of esters is 1. The number of anilines is 2. The number of rotatable bonds is 5. The van der Waals surface area contributed by atoms with Crippen LogP contribution >= 0.6 is 31.9 Å². The molecule has 2 aromatic carbocycles. The van der Waals surface area contributed by atoms with Crippen LogP contribution in [0, 0.1) is 0 Å². The van der Waals surface area contributed by atoms with E-state index in [9.17, 15) is 14.4 Å². The predicted molar refractivity (Wildman–Crippen MR) is 129 cm³/mol. The summed E-state index contributed by atoms with van der Waals surface area (Å²) in [6, 6.07) is 8.47. The molecule has 0 aromatic heterocycles. The van der Waals surface area contributed by atoms with Crippen LogP contribution in [-0.2, 0) is 9.53 Å². The number of amides is 2. The fourth-order valence-electron chi connectivity index (χ4n) is 3.55. The Morgan fingerprint density at radius 3 is 2.28 bits per heavy atom. The third-order valence-corrected chi connectivity index (χ3v) is 6.24. The Morgan fingerprint density at radius 2 is 1.69 bits per heavy atom. The van der Waals surface area contributed by atoms with Gasteiger partial charge in [0.1, 0.15) is 5.75 Å². The molecule has 1 aliphatic heterocycles. The van der Waals surface area contributed by atoms with Gasteiger partial charge in [0.25, 0.3) is 5.91 Å². The summed E-state index contributed by atoms with van der Waals surface area (Å²) in [5.41, 5.74) is 1.86. The van der Waals surface area contributed by atoms with E-state index in [0.717, 1.165) is 5.69 Å². The van der Waals surface area contributed by atoms with Crippen LogP contribution < -0.4 is 15.0 Å². The third kappa shape index (κ3) is 5.24. The number of methoxy groups -OCH3 is 2. The summed E-state index contributed by atoms with van der Waals surface area (Å²) in [5, 5.41) is 2.92. The molecule has 32 heavy (non-hydrogen) atoms. The molecule has 0 unspecified atom stereocenters. The van der Waals surface area contributed by atoms with Crippen LogP contribution in [0.2, 0.25) is 0 Å². The van der Waals surface area contributed by atoms with E-state index in [0.29, 0.717) is 57.7 Å². The van der Waals surface area contributed by atoms with E-state index in [1.165, 1.54) is 14.2 Å². The molecule has 1 N–H and O–H groups in total. The number of nitrogens with one attached hydrogen (secondary N) is 1. The molecule has 2 amide bonds. The smallest absolute Gasteiger partial charge is 0.337 e. The lowest BCUT2D eigenvalue weighted by atomic mass is 10.1. The lowest BCUT2D eigenvalue weighted by Crippen LogP contribution is -2.48. The first-order valence-electron chi connectivity index (χ1n) is 9.82. The number of hydrogen-bond donors (Lipinski definition) is 1. The van der Waals surface area contributed by atoms with Gasteiger partial charge in [-0.15, -0.1) is 0 Å². The van der Waals surface area contributed by atoms with Gasteiger partial charge in [0, 0.05) is 37.6 Å². The molecule has 10 heteroatoms. The maximum absolute atomic E-state index is 13.2. The number of hydrogen-bond acceptors (Lipinski definition) is 6. The van der Waals surface area contributed by atoms with Gasteiger partial charge >= 0.3 is 5.97 Å². The third-order valence-electron chi connectivity index (χ3n) is 5.19. The highest BCUT2D eigenvalue weighted by Gasteiger charge is 2.24. The summed E-state index contributed by atoms with van der Waals surface area (Å²) in [5.74, 6) is -0.469. The minimum Gasteiger partial charge on any atom is -0.495 e. The first-order chi connectivity index (χ1) is 15.2. The van der Waals surface area contributed by atoms with E-state index >= 15 is 0 Å². The summed E-state index contributed by atoms with van der Waals surface area (Å²) in [6.45, 7) is 3.91. The molecule has 2 aromatic rings. The van der Waals surface area contributed by atoms with Crippen molar-refractivity contribution in [2.45, 2.75) is 6.92 Å². The van der Waals surface area contributed by atoms with Crippen molar-refractivity contribution in [3.63, 3.8) is 0 Å². The van der Waals surface area contributed by atoms with Gasteiger partial charge in [-0.05, 0) is 46.3 Å². The first kappa shape index (κ1) is 24.1. The molecule has 3 rings (SSSR count). The van der Waals surface area contributed by atoms with Gasteiger partial charge in [0.2, 0.25) is 5.91 Å². The molecule has 0 saturated carbocycles. The highest BCUT2D eigenvalue weighted by Crippen LogP contribution is 2.34. The molecular formula is C22H23Br2N3O5. The molecule has 0 bridgehead atoms. The summed E-state index contributed by atoms with van der Waals surface area (Å²) < 4.78 is 11.6. The molecule has 1 aliphatic rings. The second kappa shape index (κ2) is 10.4. The van der Waals surface area contributed by atoms with Crippen LogP contribution in [0.15, 0.2) is 39.3 Å². The quantitative estimate of drug-likeness (QED) is 0.550. The zero-order chi connectivity index (χ0) is 23.4. The first-order valence-corrected chi connectivity index (χ1v) is 11.4. The Morgan fingerprint density at radius 1 is 1.00 bits per heavy atom. The van der Waals surface area contributed by atoms with E-state index in [-0.39, 0.29) is 5.91 Å². The Kier molecular flexibility index (Phi) is 7.78. The summed E-state index contributed by atoms with van der Waals surface area (Å²) >= 11 is 6.81. The predicted octanol–water partition coefficient (Wildman–Crippen LogP) is 3.93. The molecule has 1 saturated heterocycles. The van der Waals surface area contributed by atoms with Gasteiger partial charge in [-0.3, -0.25) is 9.59 Å².